The zero-order chi connectivity index (χ0) is 17.2. The first kappa shape index (κ1) is 17.1. The molecule has 2 rings (SSSR count). The van der Waals surface area contributed by atoms with Gasteiger partial charge < -0.3 is 10.2 Å². The van der Waals surface area contributed by atoms with Crippen molar-refractivity contribution in [1.82, 2.24) is 10.2 Å². The summed E-state index contributed by atoms with van der Waals surface area (Å²) in [5.74, 6) is -0.796. The van der Waals surface area contributed by atoms with Crippen molar-refractivity contribution in [1.29, 1.82) is 0 Å². The molecule has 0 fully saturated rings. The van der Waals surface area contributed by atoms with Gasteiger partial charge in [0.15, 0.2) is 0 Å². The number of anilines is 1. The largest absolute Gasteiger partial charge is 0.406 e. The first-order valence-corrected chi connectivity index (χ1v) is 7.14. The molecule has 0 saturated carbocycles. The number of nitrogens with zero attached hydrogens (tertiary/aromatic N) is 2. The minimum absolute atomic E-state index is 0.0737. The lowest BCUT2D eigenvalue weighted by Gasteiger charge is -2.24. The Morgan fingerprint density at radius 1 is 1.35 bits per heavy atom. The predicted octanol–water partition coefficient (Wildman–Crippen LogP) is 2.17. The molecule has 126 valence electrons. The second kappa shape index (κ2) is 6.47. The van der Waals surface area contributed by atoms with E-state index >= 15 is 0 Å². The molecule has 8 heteroatoms. The molecule has 1 aromatic rings. The van der Waals surface area contributed by atoms with Crippen LogP contribution in [0.1, 0.15) is 12.5 Å². The molecule has 0 aliphatic carbocycles. The highest BCUT2D eigenvalue weighted by Crippen LogP contribution is 2.31. The summed E-state index contributed by atoms with van der Waals surface area (Å²) < 4.78 is 36.7. The van der Waals surface area contributed by atoms with Gasteiger partial charge in [0, 0.05) is 18.8 Å². The van der Waals surface area contributed by atoms with Crippen LogP contribution < -0.4 is 10.2 Å². The number of rotatable bonds is 3. The number of nitrogens with one attached hydrogen (secondary N) is 1. The zero-order valence-corrected chi connectivity index (χ0v) is 12.9. The average molecular weight is 329 g/mol. The van der Waals surface area contributed by atoms with E-state index in [1.807, 2.05) is 19.1 Å². The highest BCUT2D eigenvalue weighted by molar-refractivity contribution is 5.96. The standard InChI is InChI=1S/C15H18F3N3O2/c1-10-7-11-5-3-4-6-12(11)21(10)14(23)19-8-13(22)20(2)9-15(16,17)18/h3-6,10H,7-9H2,1-2H3,(H,19,23)/t10-/m0/s1. The van der Waals surface area contributed by atoms with E-state index in [9.17, 15) is 22.8 Å². The summed E-state index contributed by atoms with van der Waals surface area (Å²) >= 11 is 0. The van der Waals surface area contributed by atoms with E-state index in [0.717, 1.165) is 18.3 Å². The van der Waals surface area contributed by atoms with E-state index < -0.39 is 31.2 Å². The molecule has 1 aliphatic rings. The fourth-order valence-corrected chi connectivity index (χ4v) is 2.60. The van der Waals surface area contributed by atoms with Gasteiger partial charge in [-0.3, -0.25) is 9.69 Å². The van der Waals surface area contributed by atoms with Gasteiger partial charge in [-0.2, -0.15) is 13.2 Å². The summed E-state index contributed by atoms with van der Waals surface area (Å²) in [7, 11) is 1.05. The third kappa shape index (κ3) is 4.14. The van der Waals surface area contributed by atoms with Crippen molar-refractivity contribution < 1.29 is 22.8 Å². The summed E-state index contributed by atoms with van der Waals surface area (Å²) in [6.07, 6.45) is -3.76. The van der Waals surface area contributed by atoms with Gasteiger partial charge in [0.2, 0.25) is 5.91 Å². The molecule has 1 atom stereocenters. The number of amides is 3. The fraction of sp³-hybridized carbons (Fsp3) is 0.467. The number of para-hydroxylation sites is 1. The van der Waals surface area contributed by atoms with Crippen molar-refractivity contribution in [3.05, 3.63) is 29.8 Å². The molecule has 0 aromatic heterocycles. The van der Waals surface area contributed by atoms with Gasteiger partial charge in [-0.15, -0.1) is 0 Å². The van der Waals surface area contributed by atoms with E-state index in [2.05, 4.69) is 5.32 Å². The Labute approximate surface area is 132 Å². The van der Waals surface area contributed by atoms with Crippen LogP contribution in [0.4, 0.5) is 23.7 Å². The van der Waals surface area contributed by atoms with Gasteiger partial charge in [-0.1, -0.05) is 18.2 Å². The maximum Gasteiger partial charge on any atom is 0.406 e. The Morgan fingerprint density at radius 3 is 2.65 bits per heavy atom. The lowest BCUT2D eigenvalue weighted by atomic mass is 10.1. The number of alkyl halides is 3. The van der Waals surface area contributed by atoms with Crippen LogP contribution >= 0.6 is 0 Å². The van der Waals surface area contributed by atoms with Crippen LogP contribution in [0.3, 0.4) is 0 Å². The van der Waals surface area contributed by atoms with E-state index in [0.29, 0.717) is 11.3 Å². The number of likely N-dealkylation sites (N-methyl/N-ethyl adjacent to an activating group) is 1. The maximum atomic E-state index is 12.3. The number of hydrogen-bond donors (Lipinski definition) is 1. The third-order valence-corrected chi connectivity index (χ3v) is 3.66. The zero-order valence-electron chi connectivity index (χ0n) is 12.9. The monoisotopic (exact) mass is 329 g/mol. The number of benzene rings is 1. The Hall–Kier alpha value is -2.25. The number of halogens is 3. The Bertz CT molecular complexity index is 604. The van der Waals surface area contributed by atoms with Gasteiger partial charge in [0.25, 0.3) is 0 Å². The molecule has 0 saturated heterocycles. The van der Waals surface area contributed by atoms with Crippen LogP contribution in [0, 0.1) is 0 Å². The molecule has 1 N–H and O–H groups in total. The molecule has 1 heterocycles. The molecule has 23 heavy (non-hydrogen) atoms. The van der Waals surface area contributed by atoms with Crippen molar-refractivity contribution in [2.45, 2.75) is 25.6 Å². The summed E-state index contributed by atoms with van der Waals surface area (Å²) in [5.41, 5.74) is 1.78. The van der Waals surface area contributed by atoms with Crippen LogP contribution in [0.5, 0.6) is 0 Å². The summed E-state index contributed by atoms with van der Waals surface area (Å²) in [6.45, 7) is 0.0542. The highest BCUT2D eigenvalue weighted by Gasteiger charge is 2.33. The van der Waals surface area contributed by atoms with Crippen LogP contribution in [-0.4, -0.2) is 49.2 Å². The van der Waals surface area contributed by atoms with Crippen molar-refractivity contribution >= 4 is 17.6 Å². The SMILES string of the molecule is C[C@H]1Cc2ccccc2N1C(=O)NCC(=O)N(C)CC(F)(F)F. The third-order valence-electron chi connectivity index (χ3n) is 3.66. The predicted molar refractivity (Wildman–Crippen MR) is 79.2 cm³/mol. The van der Waals surface area contributed by atoms with Gasteiger partial charge in [0.1, 0.15) is 6.54 Å². The van der Waals surface area contributed by atoms with Crippen LogP contribution in [0.2, 0.25) is 0 Å². The molecular formula is C15H18F3N3O2. The number of hydrogen-bond acceptors (Lipinski definition) is 2. The van der Waals surface area contributed by atoms with Gasteiger partial charge in [0.05, 0.1) is 6.54 Å². The van der Waals surface area contributed by atoms with E-state index in [1.54, 1.807) is 12.1 Å². The van der Waals surface area contributed by atoms with E-state index in [-0.39, 0.29) is 6.04 Å². The van der Waals surface area contributed by atoms with Gasteiger partial charge in [-0.25, -0.2) is 4.79 Å². The topological polar surface area (TPSA) is 52.7 Å². The first-order chi connectivity index (χ1) is 10.7. The molecule has 0 unspecified atom stereocenters. The number of fused-ring (bicyclic) bond motifs is 1. The van der Waals surface area contributed by atoms with Crippen LogP contribution in [0.25, 0.3) is 0 Å². The molecule has 0 spiro atoms. The van der Waals surface area contributed by atoms with Gasteiger partial charge in [-0.05, 0) is 25.0 Å². The lowest BCUT2D eigenvalue weighted by Crippen LogP contribution is -2.48. The molecule has 1 aromatic carbocycles. The van der Waals surface area contributed by atoms with Crippen molar-refractivity contribution in [2.75, 3.05) is 25.0 Å². The van der Waals surface area contributed by atoms with Crippen molar-refractivity contribution in [3.8, 4) is 0 Å². The first-order valence-electron chi connectivity index (χ1n) is 7.14. The Balaban J connectivity index is 1.94. The van der Waals surface area contributed by atoms with Gasteiger partial charge >= 0.3 is 12.2 Å². The average Bonchev–Trinajstić information content (AvgIpc) is 2.78. The van der Waals surface area contributed by atoms with Crippen LogP contribution in [-0.2, 0) is 11.2 Å². The second-order valence-electron chi connectivity index (χ2n) is 5.58. The normalized spacial score (nSPS) is 16.9. The lowest BCUT2D eigenvalue weighted by molar-refractivity contribution is -0.157. The number of urea groups is 1. The summed E-state index contributed by atoms with van der Waals surface area (Å²) in [5, 5.41) is 2.39. The van der Waals surface area contributed by atoms with Crippen LogP contribution in [0.15, 0.2) is 24.3 Å². The number of carbonyl (C=O) groups excluding carboxylic acids is 2. The fourth-order valence-electron chi connectivity index (χ4n) is 2.60. The molecule has 3 amide bonds. The minimum atomic E-state index is -4.46. The molecule has 0 radical (unpaired) electrons. The molecule has 5 nitrogen and oxygen atoms in total. The second-order valence-corrected chi connectivity index (χ2v) is 5.58. The summed E-state index contributed by atoms with van der Waals surface area (Å²) in [4.78, 5) is 26.0. The highest BCUT2D eigenvalue weighted by atomic mass is 19.4. The summed E-state index contributed by atoms with van der Waals surface area (Å²) in [6, 6.07) is 6.84. The molecule has 0 bridgehead atoms. The molecule has 1 aliphatic heterocycles. The maximum absolute atomic E-state index is 12.3. The Kier molecular flexibility index (Phi) is 4.82. The number of carbonyl (C=O) groups is 2. The quantitative estimate of drug-likeness (QED) is 0.924. The minimum Gasteiger partial charge on any atom is -0.335 e. The van der Waals surface area contributed by atoms with E-state index in [4.69, 9.17) is 0 Å². The smallest absolute Gasteiger partial charge is 0.335 e. The van der Waals surface area contributed by atoms with Crippen molar-refractivity contribution in [3.63, 3.8) is 0 Å². The van der Waals surface area contributed by atoms with Crippen molar-refractivity contribution in [2.24, 2.45) is 0 Å². The molecular weight excluding hydrogens is 311 g/mol. The Morgan fingerprint density at radius 2 is 2.00 bits per heavy atom. The van der Waals surface area contributed by atoms with E-state index in [1.165, 1.54) is 4.90 Å².